The molecule has 3 aromatic heterocycles. The van der Waals surface area contributed by atoms with Gasteiger partial charge >= 0.3 is 0 Å². The van der Waals surface area contributed by atoms with E-state index in [1.54, 1.807) is 24.5 Å². The Morgan fingerprint density at radius 3 is 2.48 bits per heavy atom. The van der Waals surface area contributed by atoms with Gasteiger partial charge in [-0.3, -0.25) is 9.88 Å². The molecule has 0 amide bonds. The Balaban J connectivity index is 1.83. The van der Waals surface area contributed by atoms with Gasteiger partial charge in [0.15, 0.2) is 11.6 Å². The molecule has 0 bridgehead atoms. The molecule has 0 fully saturated rings. The summed E-state index contributed by atoms with van der Waals surface area (Å²) in [5, 5.41) is 0.532. The minimum Gasteiger partial charge on any atom is -0.290 e. The van der Waals surface area contributed by atoms with Crippen LogP contribution >= 0.6 is 0 Å². The molecular weight excluding hydrogens is 348 g/mol. The highest BCUT2D eigenvalue weighted by atomic mass is 19.2. The largest absolute Gasteiger partial charge is 0.290 e. The Morgan fingerprint density at radius 2 is 1.70 bits per heavy atom. The minimum atomic E-state index is -0.953. The number of hydrogen-bond donors (Lipinski definition) is 0. The van der Waals surface area contributed by atoms with Crippen LogP contribution in [0.3, 0.4) is 0 Å². The lowest BCUT2D eigenvalue weighted by atomic mass is 10.1. The molecule has 4 aromatic rings. The fraction of sp³-hybridized carbons (Fsp3) is 0.100. The van der Waals surface area contributed by atoms with E-state index in [0.717, 1.165) is 17.3 Å². The quantitative estimate of drug-likeness (QED) is 0.540. The molecule has 134 valence electrons. The van der Waals surface area contributed by atoms with Crippen molar-refractivity contribution in [3.05, 3.63) is 83.9 Å². The zero-order valence-electron chi connectivity index (χ0n) is 14.5. The summed E-state index contributed by atoms with van der Waals surface area (Å²) < 4.78 is 27.7. The predicted octanol–water partition coefficient (Wildman–Crippen LogP) is 4.34. The fourth-order valence-electron chi connectivity index (χ4n) is 2.89. The van der Waals surface area contributed by atoms with Gasteiger partial charge in [-0.05, 0) is 48.9 Å². The number of benzene rings is 1. The van der Waals surface area contributed by atoms with Crippen LogP contribution in [0.4, 0.5) is 20.5 Å². The Bertz CT molecular complexity index is 1100. The Labute approximate surface area is 154 Å². The molecule has 0 N–H and O–H groups in total. The smallest absolute Gasteiger partial charge is 0.231 e. The molecule has 0 radical (unpaired) electrons. The summed E-state index contributed by atoms with van der Waals surface area (Å²) in [6.07, 6.45) is 4.75. The topological polar surface area (TPSA) is 54.8 Å². The van der Waals surface area contributed by atoms with Gasteiger partial charge in [-0.25, -0.2) is 23.7 Å². The molecule has 3 heterocycles. The zero-order valence-corrected chi connectivity index (χ0v) is 14.5. The van der Waals surface area contributed by atoms with Crippen molar-refractivity contribution in [2.24, 2.45) is 0 Å². The highest BCUT2D eigenvalue weighted by molar-refractivity contribution is 5.83. The first kappa shape index (κ1) is 17.0. The van der Waals surface area contributed by atoms with Gasteiger partial charge in [-0.1, -0.05) is 6.07 Å². The Kier molecular flexibility index (Phi) is 4.42. The van der Waals surface area contributed by atoms with Crippen LogP contribution in [0.25, 0.3) is 10.9 Å². The van der Waals surface area contributed by atoms with Crippen molar-refractivity contribution in [2.75, 3.05) is 4.90 Å². The summed E-state index contributed by atoms with van der Waals surface area (Å²) in [6, 6.07) is 11.8. The van der Waals surface area contributed by atoms with Crippen LogP contribution in [0, 0.1) is 18.6 Å². The predicted molar refractivity (Wildman–Crippen MR) is 98.5 cm³/mol. The standard InChI is InChI=1S/C20H15F2N5/c1-13-4-2-5-17(26-13)27(20-24-9-3-10-25-20)12-14-8-11-23-19-15(14)6-7-16(21)18(19)22/h2-11H,12H2,1H3. The highest BCUT2D eigenvalue weighted by Gasteiger charge is 2.17. The lowest BCUT2D eigenvalue weighted by molar-refractivity contribution is 0.515. The summed E-state index contributed by atoms with van der Waals surface area (Å²) in [6.45, 7) is 2.22. The molecule has 0 saturated carbocycles. The van der Waals surface area contributed by atoms with E-state index in [1.807, 2.05) is 30.0 Å². The summed E-state index contributed by atoms with van der Waals surface area (Å²) in [5.41, 5.74) is 1.61. The third kappa shape index (κ3) is 3.31. The number of aryl methyl sites for hydroxylation is 1. The highest BCUT2D eigenvalue weighted by Crippen LogP contribution is 2.27. The molecule has 0 aliphatic carbocycles. The number of aromatic nitrogens is 4. The number of rotatable bonds is 4. The van der Waals surface area contributed by atoms with Gasteiger partial charge in [0.05, 0.1) is 6.54 Å². The van der Waals surface area contributed by atoms with E-state index in [2.05, 4.69) is 19.9 Å². The van der Waals surface area contributed by atoms with Crippen LogP contribution in [-0.4, -0.2) is 19.9 Å². The number of pyridine rings is 2. The molecule has 0 spiro atoms. The summed E-state index contributed by atoms with van der Waals surface area (Å²) in [7, 11) is 0. The van der Waals surface area contributed by atoms with E-state index in [0.29, 0.717) is 23.7 Å². The van der Waals surface area contributed by atoms with Crippen molar-refractivity contribution in [3.8, 4) is 0 Å². The molecule has 0 aliphatic heterocycles. The van der Waals surface area contributed by atoms with Crippen LogP contribution in [0.5, 0.6) is 0 Å². The monoisotopic (exact) mass is 363 g/mol. The van der Waals surface area contributed by atoms with Gasteiger partial charge in [0, 0.05) is 29.7 Å². The van der Waals surface area contributed by atoms with Crippen molar-refractivity contribution in [2.45, 2.75) is 13.5 Å². The summed E-state index contributed by atoms with van der Waals surface area (Å²) in [4.78, 5) is 19.0. The van der Waals surface area contributed by atoms with E-state index in [-0.39, 0.29) is 5.52 Å². The van der Waals surface area contributed by atoms with Gasteiger partial charge in [0.2, 0.25) is 5.95 Å². The van der Waals surface area contributed by atoms with Crippen molar-refractivity contribution >= 4 is 22.7 Å². The maximum atomic E-state index is 14.1. The van der Waals surface area contributed by atoms with Crippen LogP contribution in [0.1, 0.15) is 11.3 Å². The molecule has 0 aliphatic rings. The van der Waals surface area contributed by atoms with Gasteiger partial charge in [0.25, 0.3) is 0 Å². The third-order valence-electron chi connectivity index (χ3n) is 4.17. The van der Waals surface area contributed by atoms with Crippen molar-refractivity contribution in [1.82, 2.24) is 19.9 Å². The fourth-order valence-corrected chi connectivity index (χ4v) is 2.89. The first-order valence-electron chi connectivity index (χ1n) is 8.33. The van der Waals surface area contributed by atoms with Crippen LogP contribution in [0.2, 0.25) is 0 Å². The first-order chi connectivity index (χ1) is 13.1. The van der Waals surface area contributed by atoms with Crippen molar-refractivity contribution in [3.63, 3.8) is 0 Å². The molecule has 0 saturated heterocycles. The molecule has 4 rings (SSSR count). The second-order valence-corrected chi connectivity index (χ2v) is 6.00. The normalized spacial score (nSPS) is 10.9. The van der Waals surface area contributed by atoms with Crippen LogP contribution in [-0.2, 0) is 6.54 Å². The van der Waals surface area contributed by atoms with E-state index in [1.165, 1.54) is 12.3 Å². The van der Waals surface area contributed by atoms with E-state index >= 15 is 0 Å². The third-order valence-corrected chi connectivity index (χ3v) is 4.17. The average Bonchev–Trinajstić information content (AvgIpc) is 2.70. The number of nitrogens with zero attached hydrogens (tertiary/aromatic N) is 5. The molecule has 7 heteroatoms. The van der Waals surface area contributed by atoms with Crippen LogP contribution in [0.15, 0.2) is 61.1 Å². The molecule has 0 unspecified atom stereocenters. The molecule has 27 heavy (non-hydrogen) atoms. The maximum Gasteiger partial charge on any atom is 0.231 e. The maximum absolute atomic E-state index is 14.1. The number of halogens is 2. The Morgan fingerprint density at radius 1 is 0.889 bits per heavy atom. The Hall–Kier alpha value is -3.48. The SMILES string of the molecule is Cc1cccc(N(Cc2ccnc3c(F)c(F)ccc23)c2ncccn2)n1. The number of hydrogen-bond acceptors (Lipinski definition) is 5. The summed E-state index contributed by atoms with van der Waals surface area (Å²) in [5.74, 6) is -0.752. The van der Waals surface area contributed by atoms with Gasteiger partial charge < -0.3 is 0 Å². The van der Waals surface area contributed by atoms with Crippen LogP contribution < -0.4 is 4.90 Å². The van der Waals surface area contributed by atoms with Crippen molar-refractivity contribution < 1.29 is 8.78 Å². The second kappa shape index (κ2) is 7.03. The molecule has 5 nitrogen and oxygen atoms in total. The van der Waals surface area contributed by atoms with Gasteiger partial charge in [-0.15, -0.1) is 0 Å². The molecule has 0 atom stereocenters. The van der Waals surface area contributed by atoms with Crippen molar-refractivity contribution in [1.29, 1.82) is 0 Å². The van der Waals surface area contributed by atoms with E-state index in [4.69, 9.17) is 0 Å². The van der Waals surface area contributed by atoms with Gasteiger partial charge in [-0.2, -0.15) is 0 Å². The molecule has 1 aromatic carbocycles. The number of fused-ring (bicyclic) bond motifs is 1. The molecular formula is C20H15F2N5. The zero-order chi connectivity index (χ0) is 18.8. The lowest BCUT2D eigenvalue weighted by Gasteiger charge is -2.22. The lowest BCUT2D eigenvalue weighted by Crippen LogP contribution is -2.20. The minimum absolute atomic E-state index is 0.00127. The van der Waals surface area contributed by atoms with E-state index < -0.39 is 11.6 Å². The van der Waals surface area contributed by atoms with Gasteiger partial charge in [0.1, 0.15) is 11.3 Å². The second-order valence-electron chi connectivity index (χ2n) is 6.00. The average molecular weight is 363 g/mol. The number of anilines is 2. The van der Waals surface area contributed by atoms with E-state index in [9.17, 15) is 8.78 Å². The first-order valence-corrected chi connectivity index (χ1v) is 8.33. The summed E-state index contributed by atoms with van der Waals surface area (Å²) >= 11 is 0.